The summed E-state index contributed by atoms with van der Waals surface area (Å²) < 4.78 is 7.05. The molecule has 2 rings (SSSR count). The van der Waals surface area contributed by atoms with Gasteiger partial charge in [-0.3, -0.25) is 5.43 Å². The lowest BCUT2D eigenvalue weighted by molar-refractivity contribution is 0.198. The van der Waals surface area contributed by atoms with Gasteiger partial charge >= 0.3 is 6.01 Å². The molecule has 1 unspecified atom stereocenters. The number of aromatic nitrogens is 5. The first-order valence-corrected chi connectivity index (χ1v) is 5.62. The van der Waals surface area contributed by atoms with E-state index in [1.54, 1.807) is 18.5 Å². The fourth-order valence-corrected chi connectivity index (χ4v) is 1.22. The molecule has 0 aliphatic rings. The van der Waals surface area contributed by atoms with Crippen molar-refractivity contribution in [3.8, 4) is 12.0 Å². The number of nitrogen functional groups attached to an aromatic ring is 1. The first kappa shape index (κ1) is 12.2. The third-order valence-corrected chi connectivity index (χ3v) is 2.32. The minimum atomic E-state index is 0.0171. The Bertz CT molecular complexity index is 499. The van der Waals surface area contributed by atoms with Crippen molar-refractivity contribution >= 4 is 5.95 Å². The van der Waals surface area contributed by atoms with E-state index >= 15 is 0 Å². The van der Waals surface area contributed by atoms with Gasteiger partial charge in [0.1, 0.15) is 0 Å². The van der Waals surface area contributed by atoms with Crippen LogP contribution in [0.4, 0.5) is 5.95 Å². The predicted octanol–water partition coefficient (Wildman–Crippen LogP) is 0.520. The van der Waals surface area contributed by atoms with Crippen LogP contribution in [-0.2, 0) is 0 Å². The Morgan fingerprint density at radius 2 is 2.28 bits per heavy atom. The molecule has 96 valence electrons. The Morgan fingerprint density at radius 1 is 1.44 bits per heavy atom. The van der Waals surface area contributed by atoms with Gasteiger partial charge in [-0.15, -0.1) is 0 Å². The SMILES string of the molecule is CCC(C)Oc1nc(NN)nc(-n2cccn2)n1. The van der Waals surface area contributed by atoms with Gasteiger partial charge in [-0.25, -0.2) is 10.5 Å². The van der Waals surface area contributed by atoms with E-state index in [-0.39, 0.29) is 18.1 Å². The minimum Gasteiger partial charge on any atom is -0.460 e. The number of hydrogen-bond donors (Lipinski definition) is 2. The molecule has 0 aromatic carbocycles. The Labute approximate surface area is 104 Å². The second-order valence-corrected chi connectivity index (χ2v) is 3.67. The summed E-state index contributed by atoms with van der Waals surface area (Å²) in [4.78, 5) is 12.3. The molecule has 0 radical (unpaired) electrons. The Balaban J connectivity index is 2.33. The van der Waals surface area contributed by atoms with Crippen LogP contribution in [0.3, 0.4) is 0 Å². The van der Waals surface area contributed by atoms with Crippen molar-refractivity contribution in [2.75, 3.05) is 5.43 Å². The average Bonchev–Trinajstić information content (AvgIpc) is 2.92. The number of hydrazine groups is 1. The van der Waals surface area contributed by atoms with Crippen LogP contribution < -0.4 is 16.0 Å². The van der Waals surface area contributed by atoms with Crippen molar-refractivity contribution in [1.29, 1.82) is 0 Å². The highest BCUT2D eigenvalue weighted by atomic mass is 16.5. The molecule has 1 atom stereocenters. The van der Waals surface area contributed by atoms with Gasteiger partial charge in [0, 0.05) is 12.4 Å². The van der Waals surface area contributed by atoms with E-state index in [0.29, 0.717) is 5.95 Å². The van der Waals surface area contributed by atoms with Gasteiger partial charge in [0.15, 0.2) is 0 Å². The third kappa shape index (κ3) is 2.72. The molecule has 8 nitrogen and oxygen atoms in total. The molecule has 0 spiro atoms. The highest BCUT2D eigenvalue weighted by molar-refractivity contribution is 5.28. The van der Waals surface area contributed by atoms with Gasteiger partial charge in [-0.1, -0.05) is 6.92 Å². The first-order valence-electron chi connectivity index (χ1n) is 5.62. The molecule has 0 aliphatic heterocycles. The van der Waals surface area contributed by atoms with Crippen molar-refractivity contribution in [2.45, 2.75) is 26.4 Å². The summed E-state index contributed by atoms with van der Waals surface area (Å²) in [7, 11) is 0. The average molecular weight is 249 g/mol. The molecule has 18 heavy (non-hydrogen) atoms. The molecule has 0 bridgehead atoms. The van der Waals surface area contributed by atoms with E-state index in [0.717, 1.165) is 6.42 Å². The summed E-state index contributed by atoms with van der Waals surface area (Å²) in [6.07, 6.45) is 4.23. The molecule has 8 heteroatoms. The summed E-state index contributed by atoms with van der Waals surface area (Å²) in [6.45, 7) is 3.95. The highest BCUT2D eigenvalue weighted by Crippen LogP contribution is 2.12. The molecule has 0 saturated heterocycles. The largest absolute Gasteiger partial charge is 0.460 e. The van der Waals surface area contributed by atoms with Crippen molar-refractivity contribution in [3.63, 3.8) is 0 Å². The maximum atomic E-state index is 5.55. The second kappa shape index (κ2) is 5.41. The first-order chi connectivity index (χ1) is 8.72. The summed E-state index contributed by atoms with van der Waals surface area (Å²) in [6, 6.07) is 1.99. The molecule has 0 saturated carbocycles. The van der Waals surface area contributed by atoms with Crippen molar-refractivity contribution in [1.82, 2.24) is 24.7 Å². The molecule has 2 aromatic rings. The third-order valence-electron chi connectivity index (χ3n) is 2.32. The van der Waals surface area contributed by atoms with Crippen LogP contribution in [0.15, 0.2) is 18.5 Å². The molecular weight excluding hydrogens is 234 g/mol. The molecular formula is C10H15N7O. The van der Waals surface area contributed by atoms with E-state index in [9.17, 15) is 0 Å². The highest BCUT2D eigenvalue weighted by Gasteiger charge is 2.10. The Morgan fingerprint density at radius 3 is 2.89 bits per heavy atom. The smallest absolute Gasteiger partial charge is 0.323 e. The molecule has 0 fully saturated rings. The number of ether oxygens (including phenoxy) is 1. The quantitative estimate of drug-likeness (QED) is 0.588. The lowest BCUT2D eigenvalue weighted by Gasteiger charge is -2.11. The zero-order valence-electron chi connectivity index (χ0n) is 10.2. The minimum absolute atomic E-state index is 0.0171. The van der Waals surface area contributed by atoms with Crippen LogP contribution in [0.1, 0.15) is 20.3 Å². The van der Waals surface area contributed by atoms with Gasteiger partial charge in [-0.2, -0.15) is 20.1 Å². The van der Waals surface area contributed by atoms with Crippen molar-refractivity contribution in [3.05, 3.63) is 18.5 Å². The van der Waals surface area contributed by atoms with Crippen LogP contribution >= 0.6 is 0 Å². The fourth-order valence-electron chi connectivity index (χ4n) is 1.22. The lowest BCUT2D eigenvalue weighted by atomic mass is 10.3. The number of nitrogens with two attached hydrogens (primary N) is 1. The van der Waals surface area contributed by atoms with Gasteiger partial charge < -0.3 is 4.74 Å². The number of nitrogens with zero attached hydrogens (tertiary/aromatic N) is 5. The maximum absolute atomic E-state index is 5.55. The van der Waals surface area contributed by atoms with Crippen LogP contribution in [-0.4, -0.2) is 30.8 Å². The fraction of sp³-hybridized carbons (Fsp3) is 0.400. The standard InChI is InChI=1S/C10H15N7O/c1-3-7(2)18-10-14-8(16-11)13-9(15-10)17-6-4-5-12-17/h4-7H,3,11H2,1-2H3,(H,13,14,15,16). The Kier molecular flexibility index (Phi) is 3.68. The summed E-state index contributed by atoms with van der Waals surface area (Å²) in [5.74, 6) is 5.90. The molecule has 0 amide bonds. The number of nitrogens with one attached hydrogen (secondary N) is 1. The number of anilines is 1. The van der Waals surface area contributed by atoms with Gasteiger partial charge in [-0.05, 0) is 19.4 Å². The summed E-state index contributed by atoms with van der Waals surface area (Å²) in [5, 5.41) is 4.04. The van der Waals surface area contributed by atoms with Gasteiger partial charge in [0.05, 0.1) is 6.10 Å². The summed E-state index contributed by atoms with van der Waals surface area (Å²) in [5.41, 5.74) is 2.38. The molecule has 3 N–H and O–H groups in total. The van der Waals surface area contributed by atoms with Gasteiger partial charge in [0.25, 0.3) is 5.95 Å². The van der Waals surface area contributed by atoms with Crippen LogP contribution in [0.5, 0.6) is 6.01 Å². The normalized spacial score (nSPS) is 12.2. The predicted molar refractivity (Wildman–Crippen MR) is 65.1 cm³/mol. The van der Waals surface area contributed by atoms with Gasteiger partial charge in [0.2, 0.25) is 5.95 Å². The molecule has 0 aliphatic carbocycles. The maximum Gasteiger partial charge on any atom is 0.323 e. The number of rotatable bonds is 5. The van der Waals surface area contributed by atoms with Crippen LogP contribution in [0.2, 0.25) is 0 Å². The summed E-state index contributed by atoms with van der Waals surface area (Å²) >= 11 is 0. The molecule has 2 heterocycles. The lowest BCUT2D eigenvalue weighted by Crippen LogP contribution is -2.17. The second-order valence-electron chi connectivity index (χ2n) is 3.67. The van der Waals surface area contributed by atoms with E-state index in [1.165, 1.54) is 4.68 Å². The Hall–Kier alpha value is -2.22. The van der Waals surface area contributed by atoms with E-state index in [1.807, 2.05) is 13.8 Å². The number of hydrogen-bond acceptors (Lipinski definition) is 7. The van der Waals surface area contributed by atoms with Crippen LogP contribution in [0, 0.1) is 0 Å². The van der Waals surface area contributed by atoms with E-state index < -0.39 is 0 Å². The zero-order valence-corrected chi connectivity index (χ0v) is 10.2. The van der Waals surface area contributed by atoms with Crippen LogP contribution in [0.25, 0.3) is 5.95 Å². The van der Waals surface area contributed by atoms with Crippen molar-refractivity contribution < 1.29 is 4.74 Å². The monoisotopic (exact) mass is 249 g/mol. The topological polar surface area (TPSA) is 104 Å². The molecule has 2 aromatic heterocycles. The zero-order chi connectivity index (χ0) is 13.0. The van der Waals surface area contributed by atoms with E-state index in [4.69, 9.17) is 10.6 Å². The van der Waals surface area contributed by atoms with E-state index in [2.05, 4.69) is 25.5 Å². The van der Waals surface area contributed by atoms with Crippen molar-refractivity contribution in [2.24, 2.45) is 5.84 Å².